The van der Waals surface area contributed by atoms with Crippen LogP contribution in [0, 0.1) is 17.5 Å². The number of likely N-dealkylation sites (tertiary alicyclic amines) is 1. The number of carbonyl (C=O) groups is 1. The number of halogens is 3. The molecule has 1 aliphatic rings. The molecule has 2 rings (SSSR count). The number of nitrogens with zero attached hydrogens (tertiary/aromatic N) is 1. The summed E-state index contributed by atoms with van der Waals surface area (Å²) in [6.07, 6.45) is 3.18. The summed E-state index contributed by atoms with van der Waals surface area (Å²) in [7, 11) is 0. The molecule has 1 saturated heterocycles. The van der Waals surface area contributed by atoms with Crippen LogP contribution in [0.1, 0.15) is 31.2 Å². The van der Waals surface area contributed by atoms with Crippen LogP contribution >= 0.6 is 0 Å². The summed E-state index contributed by atoms with van der Waals surface area (Å²) in [4.78, 5) is 13.8. The largest absolute Gasteiger partial charge is 0.343 e. The number of benzene rings is 1. The molecule has 0 aliphatic carbocycles. The molecule has 1 fully saturated rings. The molecule has 116 valence electrons. The second-order valence-corrected chi connectivity index (χ2v) is 5.47. The minimum absolute atomic E-state index is 0.00259. The highest BCUT2D eigenvalue weighted by Crippen LogP contribution is 2.17. The number of hydrogen-bond acceptors (Lipinski definition) is 2. The summed E-state index contributed by atoms with van der Waals surface area (Å²) in [5.74, 6) is -3.24. The second-order valence-electron chi connectivity index (χ2n) is 5.47. The van der Waals surface area contributed by atoms with Crippen molar-refractivity contribution in [1.82, 2.24) is 4.90 Å². The SMILES string of the molecule is NC(CC(=O)N1CCCCC1)Cc1cc(F)c(F)cc1F. The van der Waals surface area contributed by atoms with E-state index >= 15 is 0 Å². The van der Waals surface area contributed by atoms with Crippen LogP contribution in [0.4, 0.5) is 13.2 Å². The first-order valence-electron chi connectivity index (χ1n) is 7.14. The van der Waals surface area contributed by atoms with Crippen molar-refractivity contribution >= 4 is 5.91 Å². The first-order valence-corrected chi connectivity index (χ1v) is 7.14. The van der Waals surface area contributed by atoms with Crippen LogP contribution < -0.4 is 5.73 Å². The number of hydrogen-bond donors (Lipinski definition) is 1. The maximum Gasteiger partial charge on any atom is 0.224 e. The Morgan fingerprint density at radius 2 is 1.71 bits per heavy atom. The highest BCUT2D eigenvalue weighted by Gasteiger charge is 2.20. The monoisotopic (exact) mass is 300 g/mol. The molecule has 0 saturated carbocycles. The predicted octanol–water partition coefficient (Wildman–Crippen LogP) is 2.38. The molecule has 0 aromatic heterocycles. The van der Waals surface area contributed by atoms with E-state index in [1.54, 1.807) is 4.90 Å². The first-order chi connectivity index (χ1) is 9.97. The van der Waals surface area contributed by atoms with E-state index in [-0.39, 0.29) is 24.3 Å². The van der Waals surface area contributed by atoms with Crippen LogP contribution in [0.25, 0.3) is 0 Å². The van der Waals surface area contributed by atoms with Crippen LogP contribution in [-0.2, 0) is 11.2 Å². The Labute approximate surface area is 121 Å². The molecule has 1 unspecified atom stereocenters. The Bertz CT molecular complexity index is 516. The fourth-order valence-corrected chi connectivity index (χ4v) is 2.57. The van der Waals surface area contributed by atoms with E-state index < -0.39 is 23.5 Å². The van der Waals surface area contributed by atoms with Gasteiger partial charge in [-0.15, -0.1) is 0 Å². The van der Waals surface area contributed by atoms with Crippen molar-refractivity contribution in [2.45, 2.75) is 38.1 Å². The van der Waals surface area contributed by atoms with Gasteiger partial charge in [0.05, 0.1) is 0 Å². The third-order valence-corrected chi connectivity index (χ3v) is 3.72. The maximum atomic E-state index is 13.5. The van der Waals surface area contributed by atoms with E-state index in [1.165, 1.54) is 0 Å². The summed E-state index contributed by atoms with van der Waals surface area (Å²) in [5.41, 5.74) is 5.83. The number of nitrogens with two attached hydrogens (primary N) is 1. The van der Waals surface area contributed by atoms with Crippen molar-refractivity contribution in [3.05, 3.63) is 35.1 Å². The van der Waals surface area contributed by atoms with E-state index in [4.69, 9.17) is 5.73 Å². The summed E-state index contributed by atoms with van der Waals surface area (Å²) < 4.78 is 39.5. The molecular formula is C15H19F3N2O. The van der Waals surface area contributed by atoms with Gasteiger partial charge in [0.15, 0.2) is 11.6 Å². The lowest BCUT2D eigenvalue weighted by Gasteiger charge is -2.27. The average molecular weight is 300 g/mol. The Balaban J connectivity index is 1.93. The quantitative estimate of drug-likeness (QED) is 0.868. The van der Waals surface area contributed by atoms with Crippen LogP contribution in [0.2, 0.25) is 0 Å². The first kappa shape index (κ1) is 15.8. The fourth-order valence-electron chi connectivity index (χ4n) is 2.57. The minimum Gasteiger partial charge on any atom is -0.343 e. The van der Waals surface area contributed by atoms with Crippen molar-refractivity contribution < 1.29 is 18.0 Å². The predicted molar refractivity (Wildman–Crippen MR) is 73.0 cm³/mol. The van der Waals surface area contributed by atoms with Crippen molar-refractivity contribution in [2.24, 2.45) is 5.73 Å². The zero-order valence-corrected chi connectivity index (χ0v) is 11.7. The van der Waals surface area contributed by atoms with Crippen molar-refractivity contribution in [1.29, 1.82) is 0 Å². The van der Waals surface area contributed by atoms with Crippen LogP contribution in [-0.4, -0.2) is 29.9 Å². The van der Waals surface area contributed by atoms with Gasteiger partial charge in [-0.3, -0.25) is 4.79 Å². The number of piperidine rings is 1. The van der Waals surface area contributed by atoms with Gasteiger partial charge in [0, 0.05) is 31.6 Å². The van der Waals surface area contributed by atoms with E-state index in [0.29, 0.717) is 6.07 Å². The lowest BCUT2D eigenvalue weighted by atomic mass is 10.0. The van der Waals surface area contributed by atoms with Gasteiger partial charge < -0.3 is 10.6 Å². The summed E-state index contributed by atoms with van der Waals surface area (Å²) in [6.45, 7) is 1.45. The molecule has 0 bridgehead atoms. The Morgan fingerprint density at radius 3 is 2.38 bits per heavy atom. The van der Waals surface area contributed by atoms with Crippen molar-refractivity contribution in [2.75, 3.05) is 13.1 Å². The lowest BCUT2D eigenvalue weighted by Crippen LogP contribution is -2.39. The maximum absolute atomic E-state index is 13.5. The van der Waals surface area contributed by atoms with Crippen LogP contribution in [0.15, 0.2) is 12.1 Å². The number of rotatable bonds is 4. The molecule has 0 spiro atoms. The van der Waals surface area contributed by atoms with Gasteiger partial charge >= 0.3 is 0 Å². The topological polar surface area (TPSA) is 46.3 Å². The fraction of sp³-hybridized carbons (Fsp3) is 0.533. The molecule has 1 aliphatic heterocycles. The number of amides is 1. The average Bonchev–Trinajstić information content (AvgIpc) is 2.45. The van der Waals surface area contributed by atoms with Gasteiger partial charge in [0.25, 0.3) is 0 Å². The highest BCUT2D eigenvalue weighted by molar-refractivity contribution is 5.76. The van der Waals surface area contributed by atoms with Gasteiger partial charge in [0.1, 0.15) is 5.82 Å². The normalized spacial score (nSPS) is 16.9. The Morgan fingerprint density at radius 1 is 1.10 bits per heavy atom. The molecule has 21 heavy (non-hydrogen) atoms. The summed E-state index contributed by atoms with van der Waals surface area (Å²) in [5, 5.41) is 0. The third kappa shape index (κ3) is 4.20. The molecule has 1 atom stereocenters. The van der Waals surface area contributed by atoms with E-state index in [9.17, 15) is 18.0 Å². The molecular weight excluding hydrogens is 281 g/mol. The molecule has 2 N–H and O–H groups in total. The Kier molecular flexibility index (Phi) is 5.22. The molecule has 0 radical (unpaired) electrons. The van der Waals surface area contributed by atoms with Crippen molar-refractivity contribution in [3.63, 3.8) is 0 Å². The number of carbonyl (C=O) groups excluding carboxylic acids is 1. The zero-order chi connectivity index (χ0) is 15.4. The van der Waals surface area contributed by atoms with Gasteiger partial charge in [0.2, 0.25) is 5.91 Å². The third-order valence-electron chi connectivity index (χ3n) is 3.72. The van der Waals surface area contributed by atoms with E-state index in [0.717, 1.165) is 38.4 Å². The molecule has 1 aromatic rings. The van der Waals surface area contributed by atoms with Gasteiger partial charge in [-0.1, -0.05) is 0 Å². The zero-order valence-electron chi connectivity index (χ0n) is 11.7. The Hall–Kier alpha value is -1.56. The van der Waals surface area contributed by atoms with E-state index in [2.05, 4.69) is 0 Å². The summed E-state index contributed by atoms with van der Waals surface area (Å²) >= 11 is 0. The molecule has 1 heterocycles. The van der Waals surface area contributed by atoms with E-state index in [1.807, 2.05) is 0 Å². The summed E-state index contributed by atoms with van der Waals surface area (Å²) in [6, 6.07) is 0.693. The molecule has 1 amide bonds. The van der Waals surface area contributed by atoms with Crippen LogP contribution in [0.3, 0.4) is 0 Å². The van der Waals surface area contributed by atoms with Crippen molar-refractivity contribution in [3.8, 4) is 0 Å². The van der Waals surface area contributed by atoms with Gasteiger partial charge in [-0.05, 0) is 37.3 Å². The van der Waals surface area contributed by atoms with Gasteiger partial charge in [-0.25, -0.2) is 13.2 Å². The van der Waals surface area contributed by atoms with Crippen LogP contribution in [0.5, 0.6) is 0 Å². The smallest absolute Gasteiger partial charge is 0.224 e. The minimum atomic E-state index is -1.23. The molecule has 3 nitrogen and oxygen atoms in total. The lowest BCUT2D eigenvalue weighted by molar-refractivity contribution is -0.132. The molecule has 1 aromatic carbocycles. The van der Waals surface area contributed by atoms with Gasteiger partial charge in [-0.2, -0.15) is 0 Å². The molecule has 6 heteroatoms. The highest BCUT2D eigenvalue weighted by atomic mass is 19.2. The standard InChI is InChI=1S/C15H19F3N2O/c16-12-9-14(18)13(17)7-10(12)6-11(19)8-15(21)20-4-2-1-3-5-20/h7,9,11H,1-6,8,19H2. The second kappa shape index (κ2) is 6.93.